The Labute approximate surface area is 118 Å². The van der Waals surface area contributed by atoms with Crippen molar-refractivity contribution < 1.29 is 14.3 Å². The third kappa shape index (κ3) is 3.10. The van der Waals surface area contributed by atoms with E-state index in [-0.39, 0.29) is 30.4 Å². The Bertz CT molecular complexity index is 493. The van der Waals surface area contributed by atoms with E-state index in [0.29, 0.717) is 6.54 Å². The van der Waals surface area contributed by atoms with Crippen molar-refractivity contribution in [1.82, 2.24) is 5.32 Å². The zero-order chi connectivity index (χ0) is 14.7. The molecule has 0 fully saturated rings. The molecule has 110 valence electrons. The molecule has 0 saturated carbocycles. The number of anilines is 1. The first-order valence-corrected chi connectivity index (χ1v) is 7.00. The molecule has 0 aromatic heterocycles. The molecule has 0 aliphatic carbocycles. The molecule has 0 spiro atoms. The second kappa shape index (κ2) is 6.22. The highest BCUT2D eigenvalue weighted by atomic mass is 19.1. The predicted octanol–water partition coefficient (Wildman–Crippen LogP) is 2.30. The molecule has 0 radical (unpaired) electrons. The van der Waals surface area contributed by atoms with E-state index in [4.69, 9.17) is 5.11 Å². The Balaban J connectivity index is 2.13. The first-order chi connectivity index (χ1) is 9.52. The third-order valence-corrected chi connectivity index (χ3v) is 3.90. The lowest BCUT2D eigenvalue weighted by atomic mass is 10.0. The van der Waals surface area contributed by atoms with Gasteiger partial charge in [-0.2, -0.15) is 0 Å². The van der Waals surface area contributed by atoms with Crippen LogP contribution in [0.4, 0.5) is 14.9 Å². The Hall–Kier alpha value is -1.62. The van der Waals surface area contributed by atoms with Gasteiger partial charge < -0.3 is 10.4 Å². The average molecular weight is 280 g/mol. The summed E-state index contributed by atoms with van der Waals surface area (Å²) in [4.78, 5) is 14.0. The van der Waals surface area contributed by atoms with Crippen molar-refractivity contribution in [3.05, 3.63) is 29.6 Å². The maximum Gasteiger partial charge on any atom is 0.322 e. The van der Waals surface area contributed by atoms with E-state index < -0.39 is 0 Å². The van der Waals surface area contributed by atoms with E-state index in [9.17, 15) is 9.18 Å². The summed E-state index contributed by atoms with van der Waals surface area (Å²) in [5.41, 5.74) is 1.65. The van der Waals surface area contributed by atoms with Gasteiger partial charge in [0.2, 0.25) is 0 Å². The van der Waals surface area contributed by atoms with Crippen molar-refractivity contribution >= 4 is 11.7 Å². The van der Waals surface area contributed by atoms with Gasteiger partial charge in [0.05, 0.1) is 0 Å². The highest BCUT2D eigenvalue weighted by Gasteiger charge is 2.24. The molecule has 1 aliphatic rings. The number of rotatable bonds is 3. The van der Waals surface area contributed by atoms with Crippen LogP contribution in [0, 0.1) is 11.7 Å². The van der Waals surface area contributed by atoms with Gasteiger partial charge in [0.25, 0.3) is 0 Å². The van der Waals surface area contributed by atoms with E-state index in [1.807, 2.05) is 13.8 Å². The van der Waals surface area contributed by atoms with Gasteiger partial charge in [0.15, 0.2) is 0 Å². The van der Waals surface area contributed by atoms with E-state index in [1.165, 1.54) is 12.1 Å². The molecule has 2 N–H and O–H groups in total. The van der Waals surface area contributed by atoms with Crippen molar-refractivity contribution in [3.63, 3.8) is 0 Å². The van der Waals surface area contributed by atoms with Gasteiger partial charge in [0, 0.05) is 24.9 Å². The minimum Gasteiger partial charge on any atom is -0.396 e. The van der Waals surface area contributed by atoms with Crippen LogP contribution in [0.2, 0.25) is 0 Å². The quantitative estimate of drug-likeness (QED) is 0.892. The van der Waals surface area contributed by atoms with E-state index in [2.05, 4.69) is 5.32 Å². The lowest BCUT2D eigenvalue weighted by molar-refractivity contribution is 0.202. The number of benzene rings is 1. The summed E-state index contributed by atoms with van der Waals surface area (Å²) in [6.07, 6.45) is 1.62. The molecular weight excluding hydrogens is 259 g/mol. The fourth-order valence-electron chi connectivity index (χ4n) is 2.35. The summed E-state index contributed by atoms with van der Waals surface area (Å²) < 4.78 is 13.2. The standard InChI is InChI=1S/C15H21FN2O2/c1-10(9-19)11(2)17-15(20)18-7-3-4-12-8-13(16)5-6-14(12)18/h5-6,8,10-11,19H,3-4,7,9H2,1-2H3,(H,17,20). The summed E-state index contributed by atoms with van der Waals surface area (Å²) in [5.74, 6) is -0.273. The Morgan fingerprint density at radius 2 is 2.25 bits per heavy atom. The minimum absolute atomic E-state index is 0.00331. The van der Waals surface area contributed by atoms with Crippen LogP contribution in [-0.4, -0.2) is 30.3 Å². The third-order valence-electron chi connectivity index (χ3n) is 3.90. The largest absolute Gasteiger partial charge is 0.396 e. The molecule has 1 aromatic rings. The zero-order valence-corrected chi connectivity index (χ0v) is 11.9. The van der Waals surface area contributed by atoms with Gasteiger partial charge in [-0.05, 0) is 49.4 Å². The molecule has 2 rings (SSSR count). The highest BCUT2D eigenvalue weighted by molar-refractivity contribution is 5.93. The minimum atomic E-state index is -0.270. The zero-order valence-electron chi connectivity index (χ0n) is 11.9. The topological polar surface area (TPSA) is 52.6 Å². The normalized spacial score (nSPS) is 17.3. The number of aliphatic hydroxyl groups is 1. The molecule has 1 aromatic carbocycles. The van der Waals surface area contributed by atoms with E-state index >= 15 is 0 Å². The van der Waals surface area contributed by atoms with Gasteiger partial charge in [-0.3, -0.25) is 4.90 Å². The number of nitrogens with one attached hydrogen (secondary N) is 1. The number of hydrogen-bond donors (Lipinski definition) is 2. The number of fused-ring (bicyclic) bond motifs is 1. The van der Waals surface area contributed by atoms with Crippen molar-refractivity contribution in [2.45, 2.75) is 32.7 Å². The van der Waals surface area contributed by atoms with Gasteiger partial charge in [-0.15, -0.1) is 0 Å². The lowest BCUT2D eigenvalue weighted by Crippen LogP contribution is -2.48. The summed E-state index contributed by atoms with van der Waals surface area (Å²) in [7, 11) is 0. The maximum atomic E-state index is 13.2. The number of aliphatic hydroxyl groups excluding tert-OH is 1. The fraction of sp³-hybridized carbons (Fsp3) is 0.533. The van der Waals surface area contributed by atoms with E-state index in [0.717, 1.165) is 24.1 Å². The van der Waals surface area contributed by atoms with Gasteiger partial charge >= 0.3 is 6.03 Å². The molecule has 2 unspecified atom stereocenters. The predicted molar refractivity (Wildman–Crippen MR) is 76.3 cm³/mol. The van der Waals surface area contributed by atoms with Gasteiger partial charge in [-0.25, -0.2) is 9.18 Å². The van der Waals surface area contributed by atoms with Crippen LogP contribution in [0.15, 0.2) is 18.2 Å². The SMILES string of the molecule is CC(CO)C(C)NC(=O)N1CCCc2cc(F)ccc21. The number of carbonyl (C=O) groups is 1. The Morgan fingerprint density at radius 1 is 1.50 bits per heavy atom. The van der Waals surface area contributed by atoms with Crippen LogP contribution in [-0.2, 0) is 6.42 Å². The van der Waals surface area contributed by atoms with Crippen LogP contribution in [0.25, 0.3) is 0 Å². The molecule has 5 heteroatoms. The first-order valence-electron chi connectivity index (χ1n) is 7.00. The van der Waals surface area contributed by atoms with Crippen molar-refractivity contribution in [2.24, 2.45) is 5.92 Å². The number of urea groups is 1. The number of nitrogens with zero attached hydrogens (tertiary/aromatic N) is 1. The van der Waals surface area contributed by atoms with E-state index in [1.54, 1.807) is 11.0 Å². The molecule has 2 atom stereocenters. The lowest BCUT2D eigenvalue weighted by Gasteiger charge is -2.31. The molecule has 4 nitrogen and oxygen atoms in total. The average Bonchev–Trinajstić information content (AvgIpc) is 2.45. The first kappa shape index (κ1) is 14.8. The fourth-order valence-corrected chi connectivity index (χ4v) is 2.35. The summed E-state index contributed by atoms with van der Waals surface area (Å²) in [5, 5.41) is 12.0. The second-order valence-corrected chi connectivity index (χ2v) is 5.43. The molecular formula is C15H21FN2O2. The van der Waals surface area contributed by atoms with Crippen molar-refractivity contribution in [2.75, 3.05) is 18.1 Å². The van der Waals surface area contributed by atoms with Crippen molar-refractivity contribution in [1.29, 1.82) is 0 Å². The smallest absolute Gasteiger partial charge is 0.322 e. The number of aryl methyl sites for hydroxylation is 1. The van der Waals surface area contributed by atoms with Crippen molar-refractivity contribution in [3.8, 4) is 0 Å². The van der Waals surface area contributed by atoms with Gasteiger partial charge in [0.1, 0.15) is 5.82 Å². The molecule has 1 heterocycles. The van der Waals surface area contributed by atoms with Crippen LogP contribution < -0.4 is 10.2 Å². The number of hydrogen-bond acceptors (Lipinski definition) is 2. The summed E-state index contributed by atoms with van der Waals surface area (Å²) in [6, 6.07) is 4.23. The molecule has 0 bridgehead atoms. The van der Waals surface area contributed by atoms with Crippen LogP contribution in [0.5, 0.6) is 0 Å². The number of halogens is 1. The Morgan fingerprint density at radius 3 is 2.95 bits per heavy atom. The molecule has 20 heavy (non-hydrogen) atoms. The molecule has 1 aliphatic heterocycles. The molecule has 0 saturated heterocycles. The summed E-state index contributed by atoms with van der Waals surface area (Å²) in [6.45, 7) is 4.41. The molecule has 2 amide bonds. The monoisotopic (exact) mass is 280 g/mol. The van der Waals surface area contributed by atoms with Gasteiger partial charge in [-0.1, -0.05) is 6.92 Å². The maximum absolute atomic E-state index is 13.2. The number of carbonyl (C=O) groups excluding carboxylic acids is 1. The Kier molecular flexibility index (Phi) is 4.60. The number of amides is 2. The van der Waals surface area contributed by atoms with Crippen LogP contribution in [0.3, 0.4) is 0 Å². The van der Waals surface area contributed by atoms with Crippen LogP contribution >= 0.6 is 0 Å². The summed E-state index contributed by atoms with van der Waals surface area (Å²) >= 11 is 0. The second-order valence-electron chi connectivity index (χ2n) is 5.43. The highest BCUT2D eigenvalue weighted by Crippen LogP contribution is 2.27. The van der Waals surface area contributed by atoms with Crippen LogP contribution in [0.1, 0.15) is 25.8 Å².